The molecule has 37 heavy (non-hydrogen) atoms. The smallest absolute Gasteiger partial charge is 0.226 e. The van der Waals surface area contributed by atoms with E-state index in [9.17, 15) is 19.3 Å². The lowest BCUT2D eigenvalue weighted by Crippen LogP contribution is -2.28. The van der Waals surface area contributed by atoms with Crippen molar-refractivity contribution < 1.29 is 19.3 Å². The van der Waals surface area contributed by atoms with Crippen LogP contribution in [0.1, 0.15) is 91.8 Å². The first kappa shape index (κ1) is 28.8. The molecule has 0 unspecified atom stereocenters. The molecule has 4 nitrogen and oxygen atoms in total. The molecule has 0 radical (unpaired) electrons. The number of carbonyl (C=O) groups is 2. The zero-order chi connectivity index (χ0) is 27.3. The van der Waals surface area contributed by atoms with E-state index in [0.717, 1.165) is 64.6 Å². The number of aryl methyl sites for hydroxylation is 6. The summed E-state index contributed by atoms with van der Waals surface area (Å²) in [4.78, 5) is 25.4. The van der Waals surface area contributed by atoms with Crippen LogP contribution in [-0.4, -0.2) is 16.2 Å². The van der Waals surface area contributed by atoms with Crippen molar-refractivity contribution in [3.05, 3.63) is 105 Å². The molecule has 0 aliphatic heterocycles. The van der Waals surface area contributed by atoms with Crippen LogP contribution in [0.4, 0.5) is 0 Å². The third-order valence-electron chi connectivity index (χ3n) is 7.21. The number of hydrogen-bond donors (Lipinski definition) is 1. The molecule has 3 aromatic rings. The molecular weight excluding hydrogens is 479 g/mol. The molecule has 0 bridgehead atoms. The van der Waals surface area contributed by atoms with Crippen molar-refractivity contribution in [1.82, 2.24) is 0 Å². The first-order valence-corrected chi connectivity index (χ1v) is 14.4. The highest BCUT2D eigenvalue weighted by Gasteiger charge is 2.30. The molecule has 3 aromatic carbocycles. The number of benzene rings is 3. The minimum Gasteiger partial charge on any atom is -0.385 e. The minimum absolute atomic E-state index is 0.417. The van der Waals surface area contributed by atoms with Gasteiger partial charge in [-0.15, -0.1) is 0 Å². The molecule has 5 heteroatoms. The van der Waals surface area contributed by atoms with E-state index >= 15 is 0 Å². The number of aliphatic hydroxyl groups is 1. The standard InChI is InChI=1S/C20H23O3P.C12H16O/c1-11-7-13(3)17(14(4)8-11)19(21)24(23)20(22)18-15(5)9-12(2)10-16(18)6;13-12(9-5-2-6-10-12)11-7-3-1-4-8-11/h7-10,24H,1-6H3;1,3-4,7-8,13H,2,5-6,9-10H2. The van der Waals surface area contributed by atoms with Gasteiger partial charge in [-0.25, -0.2) is 0 Å². The van der Waals surface area contributed by atoms with Gasteiger partial charge in [0.15, 0.2) is 0 Å². The topological polar surface area (TPSA) is 71.4 Å². The summed E-state index contributed by atoms with van der Waals surface area (Å²) in [6.07, 6.45) is 5.44. The number of rotatable bonds is 5. The number of carbonyl (C=O) groups excluding carboxylic acids is 2. The van der Waals surface area contributed by atoms with Crippen LogP contribution in [0, 0.1) is 41.5 Å². The molecule has 0 spiro atoms. The summed E-state index contributed by atoms with van der Waals surface area (Å²) in [7, 11) is -3.09. The Morgan fingerprint density at radius 2 is 1.05 bits per heavy atom. The maximum Gasteiger partial charge on any atom is 0.226 e. The van der Waals surface area contributed by atoms with Crippen LogP contribution in [0.25, 0.3) is 0 Å². The summed E-state index contributed by atoms with van der Waals surface area (Å²) in [5.74, 6) is 0. The summed E-state index contributed by atoms with van der Waals surface area (Å²) in [5, 5.41) is 10.3. The lowest BCUT2D eigenvalue weighted by atomic mass is 9.80. The highest BCUT2D eigenvalue weighted by atomic mass is 31.1. The molecule has 196 valence electrons. The minimum atomic E-state index is -3.09. The van der Waals surface area contributed by atoms with Crippen molar-refractivity contribution in [2.45, 2.75) is 79.2 Å². The van der Waals surface area contributed by atoms with Crippen LogP contribution in [0.5, 0.6) is 0 Å². The zero-order valence-electron chi connectivity index (χ0n) is 22.9. The third kappa shape index (κ3) is 6.74. The predicted octanol–water partition coefficient (Wildman–Crippen LogP) is 7.92. The van der Waals surface area contributed by atoms with Crippen molar-refractivity contribution in [3.63, 3.8) is 0 Å². The summed E-state index contributed by atoms with van der Waals surface area (Å²) in [6.45, 7) is 11.2. The molecule has 1 aliphatic rings. The van der Waals surface area contributed by atoms with Crippen LogP contribution in [-0.2, 0) is 10.2 Å². The van der Waals surface area contributed by atoms with Gasteiger partial charge in [0.1, 0.15) is 0 Å². The summed E-state index contributed by atoms with van der Waals surface area (Å²) >= 11 is 0. The average Bonchev–Trinajstić information content (AvgIpc) is 2.83. The molecule has 0 atom stereocenters. The monoisotopic (exact) mass is 518 g/mol. The van der Waals surface area contributed by atoms with Crippen molar-refractivity contribution in [3.8, 4) is 0 Å². The Bertz CT molecular complexity index is 1200. The van der Waals surface area contributed by atoms with Gasteiger partial charge in [-0.1, -0.05) is 85.0 Å². The first-order valence-electron chi connectivity index (χ1n) is 13.0. The van der Waals surface area contributed by atoms with Gasteiger partial charge >= 0.3 is 0 Å². The van der Waals surface area contributed by atoms with E-state index in [0.29, 0.717) is 11.1 Å². The Balaban J connectivity index is 0.000000244. The normalized spacial score (nSPS) is 14.6. The van der Waals surface area contributed by atoms with Gasteiger partial charge in [0.2, 0.25) is 18.8 Å². The van der Waals surface area contributed by atoms with Crippen LogP contribution in [0.3, 0.4) is 0 Å². The van der Waals surface area contributed by atoms with Crippen LogP contribution >= 0.6 is 7.80 Å². The van der Waals surface area contributed by atoms with Crippen molar-refractivity contribution >= 4 is 18.8 Å². The molecule has 0 amide bonds. The maximum atomic E-state index is 12.7. The quantitative estimate of drug-likeness (QED) is 0.348. The van der Waals surface area contributed by atoms with E-state index in [2.05, 4.69) is 0 Å². The fraction of sp³-hybridized carbons (Fsp3) is 0.375. The Kier molecular flexibility index (Phi) is 9.45. The van der Waals surface area contributed by atoms with Crippen molar-refractivity contribution in [2.24, 2.45) is 0 Å². The van der Waals surface area contributed by atoms with Crippen molar-refractivity contribution in [2.75, 3.05) is 0 Å². The zero-order valence-corrected chi connectivity index (χ0v) is 23.9. The van der Waals surface area contributed by atoms with Crippen molar-refractivity contribution in [1.29, 1.82) is 0 Å². The third-order valence-corrected chi connectivity index (χ3v) is 8.54. The molecule has 1 saturated carbocycles. The summed E-state index contributed by atoms with van der Waals surface area (Å²) < 4.78 is 12.7. The van der Waals surface area contributed by atoms with Crippen LogP contribution in [0.2, 0.25) is 0 Å². The fourth-order valence-corrected chi connectivity index (χ4v) is 7.03. The molecule has 1 N–H and O–H groups in total. The van der Waals surface area contributed by atoms with E-state index in [1.54, 1.807) is 0 Å². The van der Waals surface area contributed by atoms with Crippen LogP contribution < -0.4 is 0 Å². The lowest BCUT2D eigenvalue weighted by molar-refractivity contribution is -0.000629. The molecule has 1 fully saturated rings. The van der Waals surface area contributed by atoms with Gasteiger partial charge in [0.05, 0.1) is 5.60 Å². The Morgan fingerprint density at radius 3 is 1.43 bits per heavy atom. The van der Waals surface area contributed by atoms with E-state index < -0.39 is 24.5 Å². The SMILES string of the molecule is Cc1cc(C)c(C(=O)[PH](=O)C(=O)c2c(C)cc(C)cc2C)c(C)c1.OC1(c2ccccc2)CCCCC1. The van der Waals surface area contributed by atoms with Gasteiger partial charge in [0.25, 0.3) is 0 Å². The van der Waals surface area contributed by atoms with E-state index in [1.807, 2.05) is 96.1 Å². The van der Waals surface area contributed by atoms with Gasteiger partial charge in [-0.3, -0.25) is 9.59 Å². The average molecular weight is 519 g/mol. The van der Waals surface area contributed by atoms with Gasteiger partial charge < -0.3 is 9.67 Å². The molecule has 0 aromatic heterocycles. The summed E-state index contributed by atoms with van der Waals surface area (Å²) in [5.41, 5.74) is 5.45. The second-order valence-corrected chi connectivity index (χ2v) is 12.1. The van der Waals surface area contributed by atoms with E-state index in [-0.39, 0.29) is 0 Å². The largest absolute Gasteiger partial charge is 0.385 e. The van der Waals surface area contributed by atoms with Gasteiger partial charge in [-0.05, 0) is 82.2 Å². The highest BCUT2D eigenvalue weighted by Crippen LogP contribution is 2.37. The van der Waals surface area contributed by atoms with E-state index in [4.69, 9.17) is 0 Å². The van der Waals surface area contributed by atoms with Crippen LogP contribution in [0.15, 0.2) is 54.6 Å². The van der Waals surface area contributed by atoms with Gasteiger partial charge in [-0.2, -0.15) is 0 Å². The molecular formula is C32H39O4P. The predicted molar refractivity (Wildman–Crippen MR) is 152 cm³/mol. The molecule has 0 heterocycles. The molecule has 4 rings (SSSR count). The first-order chi connectivity index (χ1) is 17.4. The second-order valence-electron chi connectivity index (χ2n) is 10.5. The number of hydrogen-bond acceptors (Lipinski definition) is 4. The lowest BCUT2D eigenvalue weighted by Gasteiger charge is -2.32. The Morgan fingerprint density at radius 1 is 0.676 bits per heavy atom. The molecule has 1 aliphatic carbocycles. The fourth-order valence-electron chi connectivity index (χ4n) is 5.58. The summed E-state index contributed by atoms with van der Waals surface area (Å²) in [6, 6.07) is 17.6. The highest BCUT2D eigenvalue weighted by molar-refractivity contribution is 7.80. The molecule has 0 saturated heterocycles. The Labute approximate surface area is 221 Å². The van der Waals surface area contributed by atoms with Gasteiger partial charge in [0, 0.05) is 11.1 Å². The Hall–Kier alpha value is -2.81. The second kappa shape index (κ2) is 12.2. The van der Waals surface area contributed by atoms with E-state index in [1.165, 1.54) is 6.42 Å². The maximum absolute atomic E-state index is 12.7.